The van der Waals surface area contributed by atoms with Gasteiger partial charge in [0.1, 0.15) is 5.82 Å². The number of amides is 1. The number of nitrogens with zero attached hydrogens (tertiary/aromatic N) is 2. The van der Waals surface area contributed by atoms with Crippen LogP contribution in [0, 0.1) is 12.8 Å². The highest BCUT2D eigenvalue weighted by atomic mass is 32.2. The summed E-state index contributed by atoms with van der Waals surface area (Å²) in [7, 11) is -3.03. The second kappa shape index (κ2) is 6.12. The summed E-state index contributed by atoms with van der Waals surface area (Å²) in [5.74, 6) is 0.904. The van der Waals surface area contributed by atoms with Crippen molar-refractivity contribution < 1.29 is 13.2 Å². The van der Waals surface area contributed by atoms with Gasteiger partial charge in [-0.05, 0) is 43.9 Å². The van der Waals surface area contributed by atoms with Crippen LogP contribution in [0.25, 0.3) is 11.0 Å². The third-order valence-electron chi connectivity index (χ3n) is 5.36. The molecule has 0 saturated carbocycles. The molecule has 0 bridgehead atoms. The van der Waals surface area contributed by atoms with Crippen LogP contribution in [0.2, 0.25) is 0 Å². The summed E-state index contributed by atoms with van der Waals surface area (Å²) in [6.45, 7) is 3.38. The molecule has 0 unspecified atom stereocenters. The third kappa shape index (κ3) is 3.29. The van der Waals surface area contributed by atoms with Gasteiger partial charge >= 0.3 is 0 Å². The molecule has 0 radical (unpaired) electrons. The maximum Gasteiger partial charge on any atom is 0.226 e. The van der Waals surface area contributed by atoms with Gasteiger partial charge in [-0.2, -0.15) is 0 Å². The summed E-state index contributed by atoms with van der Waals surface area (Å²) in [6, 6.07) is 6.14. The van der Waals surface area contributed by atoms with Gasteiger partial charge < -0.3 is 9.88 Å². The van der Waals surface area contributed by atoms with Gasteiger partial charge in [-0.3, -0.25) is 4.79 Å². The van der Waals surface area contributed by atoms with Gasteiger partial charge in [0.15, 0.2) is 9.84 Å². The lowest BCUT2D eigenvalue weighted by Gasteiger charge is -2.33. The molecule has 0 spiro atoms. The topological polar surface area (TPSA) is 83.1 Å². The van der Waals surface area contributed by atoms with Gasteiger partial charge in [0.25, 0.3) is 0 Å². The summed E-state index contributed by atoms with van der Waals surface area (Å²) < 4.78 is 23.3. The Morgan fingerprint density at radius 2 is 2.16 bits per heavy atom. The molecule has 2 aliphatic heterocycles. The molecule has 3 heterocycles. The number of nitrogens with one attached hydrogen (secondary N) is 1. The van der Waals surface area contributed by atoms with Crippen LogP contribution in [-0.2, 0) is 14.6 Å². The van der Waals surface area contributed by atoms with Gasteiger partial charge in [0, 0.05) is 19.0 Å². The number of benzene rings is 1. The van der Waals surface area contributed by atoms with Crippen molar-refractivity contribution in [1.82, 2.24) is 14.9 Å². The maximum absolute atomic E-state index is 12.7. The Labute approximate surface area is 147 Å². The number of aryl methyl sites for hydroxylation is 1. The molecule has 2 aliphatic rings. The number of H-pyrrole nitrogens is 1. The van der Waals surface area contributed by atoms with Crippen molar-refractivity contribution in [3.8, 4) is 0 Å². The normalized spacial score (nSPS) is 26.2. The number of aromatic nitrogens is 2. The molecule has 0 aliphatic carbocycles. The van der Waals surface area contributed by atoms with Gasteiger partial charge in [-0.1, -0.05) is 6.07 Å². The molecule has 1 aromatic carbocycles. The number of carbonyl (C=O) groups is 1. The average Bonchev–Trinajstić information content (AvgIpc) is 3.17. The molecule has 1 N–H and O–H groups in total. The first-order valence-electron chi connectivity index (χ1n) is 8.87. The molecule has 6 nitrogen and oxygen atoms in total. The highest BCUT2D eigenvalue weighted by Gasteiger charge is 2.37. The van der Waals surface area contributed by atoms with E-state index < -0.39 is 9.84 Å². The van der Waals surface area contributed by atoms with E-state index in [2.05, 4.69) is 18.0 Å². The van der Waals surface area contributed by atoms with Gasteiger partial charge in [0.2, 0.25) is 5.91 Å². The molecule has 2 aromatic rings. The first-order chi connectivity index (χ1) is 11.9. The van der Waals surface area contributed by atoms with Crippen LogP contribution in [0.15, 0.2) is 18.2 Å². The summed E-state index contributed by atoms with van der Waals surface area (Å²) in [6.07, 6.45) is 2.38. The minimum absolute atomic E-state index is 0.00210. The predicted octanol–water partition coefficient (Wildman–Crippen LogP) is 2.01. The number of likely N-dealkylation sites (tertiary alicyclic amines) is 1. The lowest BCUT2D eigenvalue weighted by Crippen LogP contribution is -2.42. The highest BCUT2D eigenvalue weighted by molar-refractivity contribution is 7.91. The van der Waals surface area contributed by atoms with Crippen molar-refractivity contribution in [2.24, 2.45) is 5.92 Å². The molecular formula is C18H23N3O3S. The van der Waals surface area contributed by atoms with Crippen LogP contribution in [0.1, 0.15) is 36.6 Å². The quantitative estimate of drug-likeness (QED) is 0.887. The smallest absolute Gasteiger partial charge is 0.226 e. The summed E-state index contributed by atoms with van der Waals surface area (Å²) >= 11 is 0. The third-order valence-corrected chi connectivity index (χ3v) is 7.13. The van der Waals surface area contributed by atoms with E-state index in [-0.39, 0.29) is 29.2 Å². The molecule has 4 rings (SSSR count). The lowest BCUT2D eigenvalue weighted by molar-refractivity contribution is -0.136. The van der Waals surface area contributed by atoms with E-state index in [4.69, 9.17) is 4.98 Å². The SMILES string of the molecule is Cc1ccc2nc([C@H]3CCCN(C(=O)[C@@H]4CCS(=O)(=O)C4)C3)[nH]c2c1. The number of imidazole rings is 1. The van der Waals surface area contributed by atoms with Crippen molar-refractivity contribution in [2.75, 3.05) is 24.6 Å². The Kier molecular flexibility index (Phi) is 4.06. The van der Waals surface area contributed by atoms with Gasteiger partial charge in [0.05, 0.1) is 28.5 Å². The first-order valence-corrected chi connectivity index (χ1v) is 10.7. The van der Waals surface area contributed by atoms with E-state index in [9.17, 15) is 13.2 Å². The minimum atomic E-state index is -3.03. The Hall–Kier alpha value is -1.89. The Balaban J connectivity index is 1.51. The van der Waals surface area contributed by atoms with E-state index in [1.807, 2.05) is 17.0 Å². The molecule has 25 heavy (non-hydrogen) atoms. The zero-order chi connectivity index (χ0) is 17.6. The molecule has 2 atom stereocenters. The predicted molar refractivity (Wildman–Crippen MR) is 96.1 cm³/mol. The van der Waals surface area contributed by atoms with Crippen LogP contribution in [0.4, 0.5) is 0 Å². The fourth-order valence-electron chi connectivity index (χ4n) is 3.99. The van der Waals surface area contributed by atoms with Crippen molar-refractivity contribution in [1.29, 1.82) is 0 Å². The Morgan fingerprint density at radius 1 is 1.32 bits per heavy atom. The van der Waals surface area contributed by atoms with Crippen LogP contribution in [0.5, 0.6) is 0 Å². The maximum atomic E-state index is 12.7. The molecule has 1 aromatic heterocycles. The number of carbonyl (C=O) groups excluding carboxylic acids is 1. The van der Waals surface area contributed by atoms with Gasteiger partial charge in [-0.25, -0.2) is 13.4 Å². The number of rotatable bonds is 2. The summed E-state index contributed by atoms with van der Waals surface area (Å²) in [5, 5.41) is 0. The van der Waals surface area contributed by atoms with E-state index >= 15 is 0 Å². The van der Waals surface area contributed by atoms with Crippen molar-refractivity contribution in [3.63, 3.8) is 0 Å². The fraction of sp³-hybridized carbons (Fsp3) is 0.556. The van der Waals surface area contributed by atoms with Crippen LogP contribution >= 0.6 is 0 Å². The molecule has 2 fully saturated rings. The van der Waals surface area contributed by atoms with E-state index in [1.54, 1.807) is 0 Å². The van der Waals surface area contributed by atoms with Gasteiger partial charge in [-0.15, -0.1) is 0 Å². The molecule has 134 valence electrons. The second-order valence-electron chi connectivity index (χ2n) is 7.37. The number of aromatic amines is 1. The minimum Gasteiger partial charge on any atom is -0.342 e. The zero-order valence-electron chi connectivity index (χ0n) is 14.4. The van der Waals surface area contributed by atoms with E-state index in [0.717, 1.165) is 29.7 Å². The van der Waals surface area contributed by atoms with Crippen molar-refractivity contribution in [2.45, 2.75) is 32.1 Å². The Morgan fingerprint density at radius 3 is 2.92 bits per heavy atom. The lowest BCUT2D eigenvalue weighted by atomic mass is 9.95. The zero-order valence-corrected chi connectivity index (χ0v) is 15.2. The van der Waals surface area contributed by atoms with Crippen LogP contribution in [-0.4, -0.2) is 53.8 Å². The van der Waals surface area contributed by atoms with Crippen molar-refractivity contribution in [3.05, 3.63) is 29.6 Å². The number of sulfone groups is 1. The van der Waals surface area contributed by atoms with Crippen LogP contribution < -0.4 is 0 Å². The summed E-state index contributed by atoms with van der Waals surface area (Å²) in [4.78, 5) is 22.7. The van der Waals surface area contributed by atoms with E-state index in [0.29, 0.717) is 19.5 Å². The first kappa shape index (κ1) is 16.6. The summed E-state index contributed by atoms with van der Waals surface area (Å²) in [5.41, 5.74) is 3.16. The Bertz CT molecular complexity index is 919. The van der Waals surface area contributed by atoms with E-state index in [1.165, 1.54) is 5.56 Å². The molecule has 2 saturated heterocycles. The standard InChI is InChI=1S/C18H23N3O3S/c1-12-4-5-15-16(9-12)20-17(19-15)13-3-2-7-21(10-13)18(22)14-6-8-25(23,24)11-14/h4-5,9,13-14H,2-3,6-8,10-11H2,1H3,(H,19,20)/t13-,14+/m0/s1. The average molecular weight is 361 g/mol. The fourth-order valence-corrected chi connectivity index (χ4v) is 5.72. The molecular weight excluding hydrogens is 338 g/mol. The number of fused-ring (bicyclic) bond motifs is 1. The second-order valence-corrected chi connectivity index (χ2v) is 9.59. The number of hydrogen-bond donors (Lipinski definition) is 1. The number of hydrogen-bond acceptors (Lipinski definition) is 4. The number of piperidine rings is 1. The molecule has 7 heteroatoms. The van der Waals surface area contributed by atoms with Crippen molar-refractivity contribution >= 4 is 26.8 Å². The monoisotopic (exact) mass is 361 g/mol. The molecule has 1 amide bonds. The van der Waals surface area contributed by atoms with Crippen LogP contribution in [0.3, 0.4) is 0 Å². The largest absolute Gasteiger partial charge is 0.342 e. The highest BCUT2D eigenvalue weighted by Crippen LogP contribution is 2.29.